The molecule has 1 fully saturated rings. The Kier molecular flexibility index (Phi) is 2.79. The van der Waals surface area contributed by atoms with Gasteiger partial charge in [0.25, 0.3) is 0 Å². The summed E-state index contributed by atoms with van der Waals surface area (Å²) in [4.78, 5) is 10.5. The minimum absolute atomic E-state index is 0.360. The Hall–Kier alpha value is -1.67. The average molecular weight is 204 g/mol. The van der Waals surface area contributed by atoms with Crippen LogP contribution in [0.3, 0.4) is 0 Å². The van der Waals surface area contributed by atoms with Crippen molar-refractivity contribution in [2.45, 2.75) is 13.0 Å². The number of aryl methyl sites for hydroxylation is 1. The molecule has 1 atom stereocenters. The Morgan fingerprint density at radius 1 is 1.60 bits per heavy atom. The van der Waals surface area contributed by atoms with Gasteiger partial charge in [-0.1, -0.05) is 0 Å². The summed E-state index contributed by atoms with van der Waals surface area (Å²) in [5, 5.41) is 8.77. The molecule has 0 aliphatic carbocycles. The largest absolute Gasteiger partial charge is 0.360 e. The predicted octanol–water partition coefficient (Wildman–Crippen LogP) is 0.514. The van der Waals surface area contributed by atoms with Gasteiger partial charge in [-0.25, -0.2) is 4.98 Å². The molecule has 0 radical (unpaired) electrons. The highest BCUT2D eigenvalue weighted by molar-refractivity contribution is 5.37. The average Bonchev–Trinajstić information content (AvgIpc) is 2.29. The van der Waals surface area contributed by atoms with Gasteiger partial charge in [0.05, 0.1) is 31.1 Å². The molecule has 1 unspecified atom stereocenters. The standard InChI is InChI=1S/C10H12N4O/c1-8-5-12-6-10(13-8)14-2-3-15-9(4-11)7-14/h5-6,9H,2-3,7H2,1H3. The van der Waals surface area contributed by atoms with E-state index in [0.29, 0.717) is 13.2 Å². The molecule has 0 N–H and O–H groups in total. The summed E-state index contributed by atoms with van der Waals surface area (Å²) in [5.41, 5.74) is 0.882. The van der Waals surface area contributed by atoms with Crippen LogP contribution in [0.15, 0.2) is 12.4 Å². The topological polar surface area (TPSA) is 62.0 Å². The van der Waals surface area contributed by atoms with Crippen LogP contribution in [0, 0.1) is 18.3 Å². The second-order valence-corrected chi connectivity index (χ2v) is 3.45. The van der Waals surface area contributed by atoms with E-state index in [-0.39, 0.29) is 6.10 Å². The summed E-state index contributed by atoms with van der Waals surface area (Å²) >= 11 is 0. The van der Waals surface area contributed by atoms with Gasteiger partial charge >= 0.3 is 0 Å². The number of anilines is 1. The molecule has 0 aromatic carbocycles. The zero-order chi connectivity index (χ0) is 10.7. The molecule has 1 aliphatic rings. The molecule has 0 amide bonds. The molecule has 0 spiro atoms. The first kappa shape index (κ1) is 9.87. The lowest BCUT2D eigenvalue weighted by atomic mass is 10.3. The quantitative estimate of drug-likeness (QED) is 0.667. The van der Waals surface area contributed by atoms with Crippen molar-refractivity contribution in [2.75, 3.05) is 24.6 Å². The van der Waals surface area contributed by atoms with E-state index >= 15 is 0 Å². The van der Waals surface area contributed by atoms with Gasteiger partial charge in [-0.2, -0.15) is 5.26 Å². The number of nitriles is 1. The highest BCUT2D eigenvalue weighted by atomic mass is 16.5. The van der Waals surface area contributed by atoms with Crippen molar-refractivity contribution in [3.63, 3.8) is 0 Å². The summed E-state index contributed by atoms with van der Waals surface area (Å²) in [6.07, 6.45) is 3.07. The first-order valence-electron chi connectivity index (χ1n) is 4.84. The molecule has 5 nitrogen and oxygen atoms in total. The molecule has 0 saturated carbocycles. The van der Waals surface area contributed by atoms with Crippen LogP contribution < -0.4 is 4.90 Å². The van der Waals surface area contributed by atoms with Crippen molar-refractivity contribution in [1.82, 2.24) is 9.97 Å². The maximum atomic E-state index is 8.77. The van der Waals surface area contributed by atoms with Gasteiger partial charge in [0.2, 0.25) is 0 Å². The Morgan fingerprint density at radius 3 is 3.20 bits per heavy atom. The highest BCUT2D eigenvalue weighted by Crippen LogP contribution is 2.13. The zero-order valence-corrected chi connectivity index (χ0v) is 8.55. The van der Waals surface area contributed by atoms with E-state index < -0.39 is 0 Å². The molecule has 5 heteroatoms. The maximum absolute atomic E-state index is 8.77. The molecule has 1 aromatic heterocycles. The zero-order valence-electron chi connectivity index (χ0n) is 8.55. The van der Waals surface area contributed by atoms with Crippen LogP contribution in [0.1, 0.15) is 5.69 Å². The van der Waals surface area contributed by atoms with Crippen molar-refractivity contribution in [3.05, 3.63) is 18.1 Å². The number of aromatic nitrogens is 2. The lowest BCUT2D eigenvalue weighted by molar-refractivity contribution is 0.0761. The van der Waals surface area contributed by atoms with Gasteiger partial charge in [-0.3, -0.25) is 4.98 Å². The molecule has 78 valence electrons. The first-order chi connectivity index (χ1) is 7.29. The van der Waals surface area contributed by atoms with Crippen LogP contribution in [0.25, 0.3) is 0 Å². The van der Waals surface area contributed by atoms with Crippen LogP contribution >= 0.6 is 0 Å². The van der Waals surface area contributed by atoms with E-state index in [2.05, 4.69) is 16.0 Å². The molecule has 1 aliphatic heterocycles. The third-order valence-electron chi connectivity index (χ3n) is 2.28. The van der Waals surface area contributed by atoms with E-state index in [1.807, 2.05) is 11.8 Å². The van der Waals surface area contributed by atoms with E-state index in [1.165, 1.54) is 0 Å². The van der Waals surface area contributed by atoms with Crippen molar-refractivity contribution >= 4 is 5.82 Å². The normalized spacial score (nSPS) is 21.1. The van der Waals surface area contributed by atoms with Crippen molar-refractivity contribution in [2.24, 2.45) is 0 Å². The van der Waals surface area contributed by atoms with Gasteiger partial charge < -0.3 is 9.64 Å². The van der Waals surface area contributed by atoms with Crippen molar-refractivity contribution < 1.29 is 4.74 Å². The van der Waals surface area contributed by atoms with Gasteiger partial charge in [0.15, 0.2) is 6.10 Å². The molecular weight excluding hydrogens is 192 g/mol. The van der Waals surface area contributed by atoms with Crippen LogP contribution in [-0.4, -0.2) is 35.8 Å². The summed E-state index contributed by atoms with van der Waals surface area (Å²) in [5.74, 6) is 0.818. The number of morpholine rings is 1. The fraction of sp³-hybridized carbons (Fsp3) is 0.500. The Morgan fingerprint density at radius 2 is 2.47 bits per heavy atom. The lowest BCUT2D eigenvalue weighted by Crippen LogP contribution is -2.42. The fourth-order valence-electron chi connectivity index (χ4n) is 1.54. The van der Waals surface area contributed by atoms with Gasteiger partial charge in [0.1, 0.15) is 5.82 Å². The summed E-state index contributed by atoms with van der Waals surface area (Å²) in [7, 11) is 0. The van der Waals surface area contributed by atoms with Crippen LogP contribution in [0.2, 0.25) is 0 Å². The van der Waals surface area contributed by atoms with Crippen molar-refractivity contribution in [1.29, 1.82) is 5.26 Å². The van der Waals surface area contributed by atoms with Crippen LogP contribution in [0.5, 0.6) is 0 Å². The van der Waals surface area contributed by atoms with Gasteiger partial charge in [-0.15, -0.1) is 0 Å². The van der Waals surface area contributed by atoms with E-state index in [0.717, 1.165) is 18.1 Å². The number of rotatable bonds is 1. The third kappa shape index (κ3) is 2.22. The van der Waals surface area contributed by atoms with Gasteiger partial charge in [-0.05, 0) is 6.92 Å². The molecule has 2 heterocycles. The minimum Gasteiger partial charge on any atom is -0.360 e. The van der Waals surface area contributed by atoms with Gasteiger partial charge in [0, 0.05) is 12.7 Å². The van der Waals surface area contributed by atoms with E-state index in [1.54, 1.807) is 12.4 Å². The monoisotopic (exact) mass is 204 g/mol. The molecule has 1 saturated heterocycles. The predicted molar refractivity (Wildman–Crippen MR) is 54.3 cm³/mol. The molecule has 0 bridgehead atoms. The van der Waals surface area contributed by atoms with Crippen molar-refractivity contribution in [3.8, 4) is 6.07 Å². The number of nitrogens with zero attached hydrogens (tertiary/aromatic N) is 4. The highest BCUT2D eigenvalue weighted by Gasteiger charge is 2.20. The molecule has 15 heavy (non-hydrogen) atoms. The summed E-state index contributed by atoms with van der Waals surface area (Å²) in [6.45, 7) is 3.79. The second-order valence-electron chi connectivity index (χ2n) is 3.45. The van der Waals surface area contributed by atoms with Crippen LogP contribution in [0.4, 0.5) is 5.82 Å². The number of hydrogen-bond donors (Lipinski definition) is 0. The van der Waals surface area contributed by atoms with E-state index in [4.69, 9.17) is 10.00 Å². The van der Waals surface area contributed by atoms with Crippen LogP contribution in [-0.2, 0) is 4.74 Å². The van der Waals surface area contributed by atoms with E-state index in [9.17, 15) is 0 Å². The summed E-state index contributed by atoms with van der Waals surface area (Å²) in [6, 6.07) is 2.11. The summed E-state index contributed by atoms with van der Waals surface area (Å²) < 4.78 is 5.26. The third-order valence-corrected chi connectivity index (χ3v) is 2.28. The fourth-order valence-corrected chi connectivity index (χ4v) is 1.54. The Labute approximate surface area is 88.3 Å². The number of hydrogen-bond acceptors (Lipinski definition) is 5. The second kappa shape index (κ2) is 4.24. The minimum atomic E-state index is -0.360. The Bertz CT molecular complexity index is 387. The smallest absolute Gasteiger partial charge is 0.161 e. The number of ether oxygens (including phenoxy) is 1. The Balaban J connectivity index is 2.14. The first-order valence-corrected chi connectivity index (χ1v) is 4.84. The molecule has 1 aromatic rings. The lowest BCUT2D eigenvalue weighted by Gasteiger charge is -2.30. The SMILES string of the molecule is Cc1cncc(N2CCOC(C#N)C2)n1. The molecule has 2 rings (SSSR count). The molecular formula is C10H12N4O. The maximum Gasteiger partial charge on any atom is 0.161 e.